The Morgan fingerprint density at radius 1 is 1.56 bits per heavy atom. The second-order valence-corrected chi connectivity index (χ2v) is 4.41. The van der Waals surface area contributed by atoms with E-state index in [-0.39, 0.29) is 12.0 Å². The lowest BCUT2D eigenvalue weighted by Crippen LogP contribution is -2.50. The number of hydrogen-bond acceptors (Lipinski definition) is 3. The van der Waals surface area contributed by atoms with Crippen LogP contribution in [0.5, 0.6) is 0 Å². The molecule has 16 heavy (non-hydrogen) atoms. The van der Waals surface area contributed by atoms with Gasteiger partial charge in [0.05, 0.1) is 6.61 Å². The van der Waals surface area contributed by atoms with Crippen molar-refractivity contribution in [3.63, 3.8) is 0 Å². The molecule has 0 aromatic heterocycles. The van der Waals surface area contributed by atoms with E-state index in [0.717, 1.165) is 12.8 Å². The number of carboxylic acids is 1. The molecule has 1 N–H and O–H groups in total. The molecule has 0 radical (unpaired) electrons. The van der Waals surface area contributed by atoms with Crippen LogP contribution in [0.25, 0.3) is 0 Å². The van der Waals surface area contributed by atoms with Crippen molar-refractivity contribution in [1.29, 1.82) is 0 Å². The first-order chi connectivity index (χ1) is 7.57. The molecule has 2 atom stereocenters. The maximum atomic E-state index is 11.2. The van der Waals surface area contributed by atoms with E-state index in [4.69, 9.17) is 4.74 Å². The Morgan fingerprint density at radius 3 is 2.62 bits per heavy atom. The van der Waals surface area contributed by atoms with Gasteiger partial charge in [-0.15, -0.1) is 0 Å². The maximum absolute atomic E-state index is 11.2. The van der Waals surface area contributed by atoms with Gasteiger partial charge in [-0.2, -0.15) is 0 Å². The van der Waals surface area contributed by atoms with Crippen LogP contribution in [-0.2, 0) is 14.3 Å². The largest absolute Gasteiger partial charge is 0.480 e. The molecule has 0 aromatic carbocycles. The highest BCUT2D eigenvalue weighted by Crippen LogP contribution is 2.22. The van der Waals surface area contributed by atoms with E-state index in [1.807, 2.05) is 13.8 Å². The molecular weight excluding hydrogens is 210 g/mol. The summed E-state index contributed by atoms with van der Waals surface area (Å²) >= 11 is 0. The summed E-state index contributed by atoms with van der Waals surface area (Å²) in [5.41, 5.74) is 0. The van der Waals surface area contributed by atoms with Crippen molar-refractivity contribution in [2.75, 3.05) is 13.2 Å². The van der Waals surface area contributed by atoms with E-state index in [9.17, 15) is 14.7 Å². The average molecular weight is 229 g/mol. The summed E-state index contributed by atoms with van der Waals surface area (Å²) in [7, 11) is 0. The standard InChI is InChI=1S/C11H19NO4/c1-8(2)12(7-13)10(11(14)15)9-4-3-5-16-6-9/h7-10H,3-6H2,1-2H3,(H,14,15). The summed E-state index contributed by atoms with van der Waals surface area (Å²) in [6.45, 7) is 4.74. The van der Waals surface area contributed by atoms with Crippen molar-refractivity contribution in [2.24, 2.45) is 5.92 Å². The smallest absolute Gasteiger partial charge is 0.326 e. The lowest BCUT2D eigenvalue weighted by Gasteiger charge is -2.35. The summed E-state index contributed by atoms with van der Waals surface area (Å²) in [5.74, 6) is -1.05. The average Bonchev–Trinajstić information content (AvgIpc) is 2.25. The Kier molecular flexibility index (Phi) is 4.73. The van der Waals surface area contributed by atoms with Gasteiger partial charge >= 0.3 is 5.97 Å². The van der Waals surface area contributed by atoms with E-state index in [2.05, 4.69) is 0 Å². The quantitative estimate of drug-likeness (QED) is 0.706. The van der Waals surface area contributed by atoms with Crippen LogP contribution in [0.3, 0.4) is 0 Å². The zero-order chi connectivity index (χ0) is 12.1. The zero-order valence-electron chi connectivity index (χ0n) is 9.76. The Balaban J connectivity index is 2.79. The predicted octanol–water partition coefficient (Wildman–Crippen LogP) is 0.733. The van der Waals surface area contributed by atoms with Crippen LogP contribution in [0, 0.1) is 5.92 Å². The summed E-state index contributed by atoms with van der Waals surface area (Å²) in [4.78, 5) is 23.6. The summed E-state index contributed by atoms with van der Waals surface area (Å²) in [5, 5.41) is 9.22. The highest BCUT2D eigenvalue weighted by atomic mass is 16.5. The monoisotopic (exact) mass is 229 g/mol. The van der Waals surface area contributed by atoms with Gasteiger partial charge in [-0.25, -0.2) is 4.79 Å². The number of carbonyl (C=O) groups is 2. The van der Waals surface area contributed by atoms with Crippen LogP contribution < -0.4 is 0 Å². The van der Waals surface area contributed by atoms with Gasteiger partial charge in [0, 0.05) is 18.6 Å². The van der Waals surface area contributed by atoms with Gasteiger partial charge in [-0.05, 0) is 26.7 Å². The third kappa shape index (κ3) is 2.95. The number of carboxylic acid groups (broad SMARTS) is 1. The van der Waals surface area contributed by atoms with Gasteiger partial charge in [-0.1, -0.05) is 0 Å². The van der Waals surface area contributed by atoms with Gasteiger partial charge < -0.3 is 14.7 Å². The van der Waals surface area contributed by atoms with E-state index in [1.165, 1.54) is 4.90 Å². The number of ether oxygens (including phenoxy) is 1. The first-order valence-electron chi connectivity index (χ1n) is 5.61. The van der Waals surface area contributed by atoms with Crippen LogP contribution in [0.4, 0.5) is 0 Å². The Morgan fingerprint density at radius 2 is 2.25 bits per heavy atom. The highest BCUT2D eigenvalue weighted by molar-refractivity contribution is 5.76. The lowest BCUT2D eigenvalue weighted by atomic mass is 9.92. The summed E-state index contributed by atoms with van der Waals surface area (Å²) in [6.07, 6.45) is 2.28. The second kappa shape index (κ2) is 5.84. The molecular formula is C11H19NO4. The SMILES string of the molecule is CC(C)N(C=O)C(C(=O)O)C1CCCOC1. The van der Waals surface area contributed by atoms with E-state index in [0.29, 0.717) is 19.6 Å². The summed E-state index contributed by atoms with van der Waals surface area (Å²) < 4.78 is 5.28. The Hall–Kier alpha value is -1.10. The van der Waals surface area contributed by atoms with Crippen LogP contribution in [-0.4, -0.2) is 47.7 Å². The van der Waals surface area contributed by atoms with Crippen molar-refractivity contribution < 1.29 is 19.4 Å². The minimum Gasteiger partial charge on any atom is -0.480 e. The number of carbonyl (C=O) groups excluding carboxylic acids is 1. The van der Waals surface area contributed by atoms with Crippen molar-refractivity contribution in [3.05, 3.63) is 0 Å². The molecule has 1 aliphatic rings. The van der Waals surface area contributed by atoms with Gasteiger partial charge in [0.25, 0.3) is 0 Å². The molecule has 1 fully saturated rings. The fraction of sp³-hybridized carbons (Fsp3) is 0.818. The van der Waals surface area contributed by atoms with E-state index >= 15 is 0 Å². The lowest BCUT2D eigenvalue weighted by molar-refractivity contribution is -0.152. The van der Waals surface area contributed by atoms with Gasteiger partial charge in [0.1, 0.15) is 6.04 Å². The fourth-order valence-corrected chi connectivity index (χ4v) is 2.10. The molecule has 0 aromatic rings. The minimum atomic E-state index is -0.948. The van der Waals surface area contributed by atoms with Gasteiger partial charge in [-0.3, -0.25) is 4.79 Å². The zero-order valence-corrected chi connectivity index (χ0v) is 9.76. The number of rotatable bonds is 5. The number of aliphatic carboxylic acids is 1. The first-order valence-corrected chi connectivity index (χ1v) is 5.61. The minimum absolute atomic E-state index is 0.0983. The molecule has 0 saturated carbocycles. The van der Waals surface area contributed by atoms with Crippen LogP contribution in [0.15, 0.2) is 0 Å². The van der Waals surface area contributed by atoms with Crippen molar-refractivity contribution in [2.45, 2.75) is 38.8 Å². The maximum Gasteiger partial charge on any atom is 0.326 e. The van der Waals surface area contributed by atoms with Crippen molar-refractivity contribution >= 4 is 12.4 Å². The molecule has 0 aliphatic carbocycles. The molecule has 92 valence electrons. The third-order valence-electron chi connectivity index (χ3n) is 2.93. The fourth-order valence-electron chi connectivity index (χ4n) is 2.10. The molecule has 2 unspecified atom stereocenters. The van der Waals surface area contributed by atoms with Crippen molar-refractivity contribution in [3.8, 4) is 0 Å². The number of hydrogen-bond donors (Lipinski definition) is 1. The molecule has 1 saturated heterocycles. The van der Waals surface area contributed by atoms with Crippen LogP contribution in [0.1, 0.15) is 26.7 Å². The predicted molar refractivity (Wildman–Crippen MR) is 58.0 cm³/mol. The molecule has 5 nitrogen and oxygen atoms in total. The van der Waals surface area contributed by atoms with Crippen LogP contribution in [0.2, 0.25) is 0 Å². The van der Waals surface area contributed by atoms with Gasteiger partial charge in [0.2, 0.25) is 6.41 Å². The molecule has 1 aliphatic heterocycles. The van der Waals surface area contributed by atoms with Gasteiger partial charge in [0.15, 0.2) is 0 Å². The highest BCUT2D eigenvalue weighted by Gasteiger charge is 2.35. The Bertz CT molecular complexity index is 248. The molecule has 1 rings (SSSR count). The van der Waals surface area contributed by atoms with E-state index < -0.39 is 12.0 Å². The normalized spacial score (nSPS) is 22.8. The Labute approximate surface area is 95.4 Å². The first kappa shape index (κ1) is 13.0. The van der Waals surface area contributed by atoms with E-state index in [1.54, 1.807) is 0 Å². The molecule has 5 heteroatoms. The third-order valence-corrected chi connectivity index (χ3v) is 2.93. The van der Waals surface area contributed by atoms with Crippen molar-refractivity contribution in [1.82, 2.24) is 4.90 Å². The van der Waals surface area contributed by atoms with Crippen LogP contribution >= 0.6 is 0 Å². The number of nitrogens with zero attached hydrogens (tertiary/aromatic N) is 1. The second-order valence-electron chi connectivity index (χ2n) is 4.41. The number of amides is 1. The molecule has 0 bridgehead atoms. The summed E-state index contributed by atoms with van der Waals surface area (Å²) in [6, 6.07) is -0.877. The molecule has 0 spiro atoms. The topological polar surface area (TPSA) is 66.8 Å². The molecule has 1 heterocycles. The molecule has 1 amide bonds.